The maximum Gasteiger partial charge on any atom is 0.208 e. The summed E-state index contributed by atoms with van der Waals surface area (Å²) in [7, 11) is 0. The normalized spacial score (nSPS) is 19.8. The molecule has 1 saturated heterocycles. The Labute approximate surface area is 125 Å². The van der Waals surface area contributed by atoms with Crippen molar-refractivity contribution in [3.63, 3.8) is 0 Å². The Morgan fingerprint density at radius 1 is 1.29 bits per heavy atom. The highest BCUT2D eigenvalue weighted by Crippen LogP contribution is 2.15. The van der Waals surface area contributed by atoms with Gasteiger partial charge in [0.15, 0.2) is 0 Å². The smallest absolute Gasteiger partial charge is 0.208 e. The van der Waals surface area contributed by atoms with E-state index in [4.69, 9.17) is 9.15 Å². The summed E-state index contributed by atoms with van der Waals surface area (Å²) in [5, 5.41) is 0. The second kappa shape index (κ2) is 6.87. The fourth-order valence-corrected chi connectivity index (χ4v) is 2.74. The van der Waals surface area contributed by atoms with Crippen LogP contribution in [0, 0.1) is 6.92 Å². The van der Waals surface area contributed by atoms with E-state index in [1.165, 1.54) is 5.56 Å². The molecule has 1 atom stereocenters. The maximum absolute atomic E-state index is 5.88. The van der Waals surface area contributed by atoms with Crippen LogP contribution in [0.2, 0.25) is 0 Å². The summed E-state index contributed by atoms with van der Waals surface area (Å²) in [6.07, 6.45) is 4.21. The molecule has 0 bridgehead atoms. The number of rotatable bonds is 5. The Morgan fingerprint density at radius 2 is 2.14 bits per heavy atom. The first-order valence-corrected chi connectivity index (χ1v) is 7.59. The molecule has 0 aliphatic carbocycles. The third-order valence-corrected chi connectivity index (χ3v) is 3.85. The molecule has 0 spiro atoms. The Balaban J connectivity index is 1.49. The highest BCUT2D eigenvalue weighted by atomic mass is 16.5. The summed E-state index contributed by atoms with van der Waals surface area (Å²) in [6.45, 7) is 5.40. The molecule has 0 radical (unpaired) electrons. The van der Waals surface area contributed by atoms with Crippen LogP contribution in [-0.2, 0) is 17.7 Å². The van der Waals surface area contributed by atoms with Gasteiger partial charge in [-0.15, -0.1) is 0 Å². The van der Waals surface area contributed by atoms with E-state index in [0.29, 0.717) is 6.10 Å². The van der Waals surface area contributed by atoms with Gasteiger partial charge < -0.3 is 9.15 Å². The molecular weight excluding hydrogens is 264 g/mol. The highest BCUT2D eigenvalue weighted by Gasteiger charge is 2.21. The van der Waals surface area contributed by atoms with Crippen molar-refractivity contribution < 1.29 is 9.15 Å². The predicted octanol–water partition coefficient (Wildman–Crippen LogP) is 2.82. The molecule has 1 aromatic heterocycles. The van der Waals surface area contributed by atoms with Gasteiger partial charge in [-0.2, -0.15) is 0 Å². The minimum Gasteiger partial charge on any atom is -0.445 e. The third-order valence-electron chi connectivity index (χ3n) is 3.85. The van der Waals surface area contributed by atoms with Crippen LogP contribution in [0.15, 0.2) is 40.9 Å². The van der Waals surface area contributed by atoms with Crippen LogP contribution in [-0.4, -0.2) is 35.7 Å². The molecule has 1 aliphatic rings. The second-order valence-electron chi connectivity index (χ2n) is 5.62. The molecule has 3 rings (SSSR count). The quantitative estimate of drug-likeness (QED) is 0.847. The number of morpholine rings is 1. The summed E-state index contributed by atoms with van der Waals surface area (Å²) in [4.78, 5) is 6.64. The molecule has 1 unspecified atom stereocenters. The van der Waals surface area contributed by atoms with E-state index in [1.54, 1.807) is 6.20 Å². The van der Waals surface area contributed by atoms with E-state index in [9.17, 15) is 0 Å². The average molecular weight is 286 g/mol. The summed E-state index contributed by atoms with van der Waals surface area (Å²) in [5.41, 5.74) is 1.38. The SMILES string of the molecule is Cc1cnc(CN2CCOC(CCc3ccccc3)C2)o1. The van der Waals surface area contributed by atoms with Crippen LogP contribution >= 0.6 is 0 Å². The van der Waals surface area contributed by atoms with Gasteiger partial charge in [-0.1, -0.05) is 30.3 Å². The summed E-state index contributed by atoms with van der Waals surface area (Å²) >= 11 is 0. The second-order valence-corrected chi connectivity index (χ2v) is 5.62. The average Bonchev–Trinajstić information content (AvgIpc) is 2.92. The zero-order chi connectivity index (χ0) is 14.5. The number of ether oxygens (including phenoxy) is 1. The van der Waals surface area contributed by atoms with Crippen molar-refractivity contribution in [1.29, 1.82) is 0 Å². The van der Waals surface area contributed by atoms with Gasteiger partial charge in [-0.05, 0) is 25.3 Å². The van der Waals surface area contributed by atoms with E-state index in [1.807, 2.05) is 6.92 Å². The van der Waals surface area contributed by atoms with E-state index < -0.39 is 0 Å². The molecule has 2 heterocycles. The highest BCUT2D eigenvalue weighted by molar-refractivity contribution is 5.14. The van der Waals surface area contributed by atoms with Crippen molar-refractivity contribution in [2.75, 3.05) is 19.7 Å². The van der Waals surface area contributed by atoms with Gasteiger partial charge in [0.05, 0.1) is 25.5 Å². The number of oxazole rings is 1. The van der Waals surface area contributed by atoms with Crippen LogP contribution in [0.25, 0.3) is 0 Å². The molecule has 1 fully saturated rings. The molecular formula is C17H22N2O2. The largest absolute Gasteiger partial charge is 0.445 e. The van der Waals surface area contributed by atoms with Gasteiger partial charge >= 0.3 is 0 Å². The van der Waals surface area contributed by atoms with Gasteiger partial charge in [-0.25, -0.2) is 4.98 Å². The van der Waals surface area contributed by atoms with Crippen molar-refractivity contribution in [1.82, 2.24) is 9.88 Å². The minimum absolute atomic E-state index is 0.301. The van der Waals surface area contributed by atoms with Gasteiger partial charge in [0, 0.05) is 13.1 Å². The molecule has 0 N–H and O–H groups in total. The van der Waals surface area contributed by atoms with E-state index in [2.05, 4.69) is 40.2 Å². The molecule has 4 nitrogen and oxygen atoms in total. The fraction of sp³-hybridized carbons (Fsp3) is 0.471. The number of nitrogens with zero attached hydrogens (tertiary/aromatic N) is 2. The summed E-state index contributed by atoms with van der Waals surface area (Å²) in [6, 6.07) is 10.6. The van der Waals surface area contributed by atoms with Crippen molar-refractivity contribution in [3.8, 4) is 0 Å². The van der Waals surface area contributed by atoms with Crippen LogP contribution in [0.3, 0.4) is 0 Å². The Kier molecular flexibility index (Phi) is 4.68. The molecule has 112 valence electrons. The van der Waals surface area contributed by atoms with Crippen molar-refractivity contribution in [2.24, 2.45) is 0 Å². The summed E-state index contributed by atoms with van der Waals surface area (Å²) < 4.78 is 11.4. The monoisotopic (exact) mass is 286 g/mol. The lowest BCUT2D eigenvalue weighted by molar-refractivity contribution is -0.0367. The van der Waals surface area contributed by atoms with Crippen molar-refractivity contribution >= 4 is 0 Å². The summed E-state index contributed by atoms with van der Waals surface area (Å²) in [5.74, 6) is 1.68. The van der Waals surface area contributed by atoms with Crippen LogP contribution in [0.5, 0.6) is 0 Å². The van der Waals surface area contributed by atoms with E-state index in [0.717, 1.165) is 50.7 Å². The topological polar surface area (TPSA) is 38.5 Å². The van der Waals surface area contributed by atoms with E-state index in [-0.39, 0.29) is 0 Å². The van der Waals surface area contributed by atoms with Gasteiger partial charge in [0.2, 0.25) is 5.89 Å². The number of aromatic nitrogens is 1. The molecule has 4 heteroatoms. The first-order chi connectivity index (χ1) is 10.3. The fourth-order valence-electron chi connectivity index (χ4n) is 2.74. The molecule has 21 heavy (non-hydrogen) atoms. The zero-order valence-corrected chi connectivity index (χ0v) is 12.5. The molecule has 0 amide bonds. The van der Waals surface area contributed by atoms with E-state index >= 15 is 0 Å². The van der Waals surface area contributed by atoms with Crippen LogP contribution in [0.4, 0.5) is 0 Å². The molecule has 1 aliphatic heterocycles. The Hall–Kier alpha value is -1.65. The predicted molar refractivity (Wildman–Crippen MR) is 81.0 cm³/mol. The molecule has 2 aromatic rings. The number of hydrogen-bond donors (Lipinski definition) is 0. The number of aryl methyl sites for hydroxylation is 2. The van der Waals surface area contributed by atoms with Crippen molar-refractivity contribution in [3.05, 3.63) is 53.7 Å². The zero-order valence-electron chi connectivity index (χ0n) is 12.5. The number of benzene rings is 1. The minimum atomic E-state index is 0.301. The first kappa shape index (κ1) is 14.3. The van der Waals surface area contributed by atoms with Gasteiger partial charge in [-0.3, -0.25) is 4.90 Å². The lowest BCUT2D eigenvalue weighted by atomic mass is 10.1. The van der Waals surface area contributed by atoms with Gasteiger partial charge in [0.1, 0.15) is 5.76 Å². The third kappa shape index (κ3) is 4.16. The first-order valence-electron chi connectivity index (χ1n) is 7.59. The maximum atomic E-state index is 5.88. The lowest BCUT2D eigenvalue weighted by Crippen LogP contribution is -2.42. The van der Waals surface area contributed by atoms with Crippen LogP contribution in [0.1, 0.15) is 23.6 Å². The van der Waals surface area contributed by atoms with Crippen LogP contribution < -0.4 is 0 Å². The van der Waals surface area contributed by atoms with Crippen molar-refractivity contribution in [2.45, 2.75) is 32.4 Å². The Bertz CT molecular complexity index is 553. The molecule has 1 aromatic carbocycles. The van der Waals surface area contributed by atoms with Gasteiger partial charge in [0.25, 0.3) is 0 Å². The standard InChI is InChI=1S/C17H22N2O2/c1-14-11-18-17(21-14)13-19-9-10-20-16(12-19)8-7-15-5-3-2-4-6-15/h2-6,11,16H,7-10,12-13H2,1H3. The number of hydrogen-bond acceptors (Lipinski definition) is 4. The Morgan fingerprint density at radius 3 is 2.90 bits per heavy atom. The molecule has 0 saturated carbocycles. The lowest BCUT2D eigenvalue weighted by Gasteiger charge is -2.32.